The highest BCUT2D eigenvalue weighted by Gasteiger charge is 2.04. The van der Waals surface area contributed by atoms with Crippen molar-refractivity contribution >= 4 is 6.01 Å². The van der Waals surface area contributed by atoms with Crippen LogP contribution < -0.4 is 5.32 Å². The zero-order chi connectivity index (χ0) is 11.5. The van der Waals surface area contributed by atoms with Crippen molar-refractivity contribution in [3.63, 3.8) is 0 Å². The minimum absolute atomic E-state index is 0.259. The van der Waals surface area contributed by atoms with E-state index in [1.165, 1.54) is 0 Å². The van der Waals surface area contributed by atoms with Gasteiger partial charge in [-0.05, 0) is 13.0 Å². The summed E-state index contributed by atoms with van der Waals surface area (Å²) in [5.74, 6) is 0.769. The van der Waals surface area contributed by atoms with E-state index in [4.69, 9.17) is 4.42 Å². The Balaban J connectivity index is 2.07. The second-order valence-corrected chi connectivity index (χ2v) is 3.61. The molecule has 0 unspecified atom stereocenters. The molecular weight excluding hydrogens is 206 g/mol. The smallest absolute Gasteiger partial charge is 0.315 e. The Morgan fingerprint density at radius 1 is 1.31 bits per heavy atom. The number of anilines is 1. The van der Waals surface area contributed by atoms with Gasteiger partial charge < -0.3 is 14.8 Å². The highest BCUT2D eigenvalue weighted by Crippen LogP contribution is 2.19. The number of aromatic hydroxyl groups is 1. The highest BCUT2D eigenvalue weighted by atomic mass is 16.4. The van der Waals surface area contributed by atoms with Gasteiger partial charge in [-0.15, -0.1) is 5.10 Å². The van der Waals surface area contributed by atoms with E-state index in [0.717, 1.165) is 11.1 Å². The maximum absolute atomic E-state index is 9.61. The lowest BCUT2D eigenvalue weighted by Crippen LogP contribution is -2.00. The van der Waals surface area contributed by atoms with E-state index in [2.05, 4.69) is 15.5 Å². The van der Waals surface area contributed by atoms with Crippen LogP contribution in [-0.2, 0) is 6.54 Å². The van der Waals surface area contributed by atoms with Crippen molar-refractivity contribution in [1.29, 1.82) is 0 Å². The number of nitrogens with zero attached hydrogens (tertiary/aromatic N) is 2. The van der Waals surface area contributed by atoms with E-state index in [1.54, 1.807) is 13.0 Å². The number of hydrogen-bond acceptors (Lipinski definition) is 5. The van der Waals surface area contributed by atoms with Gasteiger partial charge in [0.2, 0.25) is 5.89 Å². The highest BCUT2D eigenvalue weighted by molar-refractivity contribution is 5.37. The topological polar surface area (TPSA) is 71.2 Å². The molecule has 84 valence electrons. The Kier molecular flexibility index (Phi) is 2.76. The summed E-state index contributed by atoms with van der Waals surface area (Å²) in [4.78, 5) is 0. The molecule has 0 fully saturated rings. The molecule has 1 aromatic carbocycles. The molecule has 0 atom stereocenters. The molecule has 0 amide bonds. The Bertz CT molecular complexity index is 494. The van der Waals surface area contributed by atoms with Gasteiger partial charge in [0, 0.05) is 19.0 Å². The largest absolute Gasteiger partial charge is 0.508 e. The van der Waals surface area contributed by atoms with Gasteiger partial charge >= 0.3 is 6.01 Å². The summed E-state index contributed by atoms with van der Waals surface area (Å²) >= 11 is 0. The first-order valence-electron chi connectivity index (χ1n) is 4.97. The number of aryl methyl sites for hydroxylation is 2. The predicted octanol–water partition coefficient (Wildman–Crippen LogP) is 2.00. The van der Waals surface area contributed by atoms with E-state index in [9.17, 15) is 5.11 Å². The van der Waals surface area contributed by atoms with Crippen LogP contribution in [0.15, 0.2) is 22.6 Å². The maximum atomic E-state index is 9.61. The first kappa shape index (κ1) is 10.5. The molecule has 2 N–H and O–H groups in total. The number of rotatable bonds is 3. The predicted molar refractivity (Wildman–Crippen MR) is 59.2 cm³/mol. The molecule has 0 bridgehead atoms. The van der Waals surface area contributed by atoms with Crippen LogP contribution in [0.2, 0.25) is 0 Å². The molecule has 0 saturated carbocycles. The van der Waals surface area contributed by atoms with E-state index >= 15 is 0 Å². The van der Waals surface area contributed by atoms with E-state index in [0.29, 0.717) is 18.5 Å². The molecule has 0 saturated heterocycles. The summed E-state index contributed by atoms with van der Waals surface area (Å²) in [6.45, 7) is 4.15. The number of phenolic OH excluding ortho intramolecular Hbond substituents is 1. The molecule has 5 nitrogen and oxygen atoms in total. The SMILES string of the molecule is Cc1ccc(O)c(CNc2nnc(C)o2)c1. The first-order valence-corrected chi connectivity index (χ1v) is 4.97. The quantitative estimate of drug-likeness (QED) is 0.826. The normalized spacial score (nSPS) is 10.4. The Labute approximate surface area is 93.1 Å². The maximum Gasteiger partial charge on any atom is 0.315 e. The van der Waals surface area contributed by atoms with Gasteiger partial charge in [-0.1, -0.05) is 22.8 Å². The molecule has 0 aliphatic carbocycles. The zero-order valence-electron chi connectivity index (χ0n) is 9.19. The van der Waals surface area contributed by atoms with Crippen molar-refractivity contribution in [2.75, 3.05) is 5.32 Å². The van der Waals surface area contributed by atoms with Crippen LogP contribution in [0.4, 0.5) is 6.01 Å². The second kappa shape index (κ2) is 4.22. The molecule has 0 radical (unpaired) electrons. The fraction of sp³-hybridized carbons (Fsp3) is 0.273. The average molecular weight is 219 g/mol. The number of phenols is 1. The number of benzene rings is 1. The van der Waals surface area contributed by atoms with Gasteiger partial charge in [-0.3, -0.25) is 0 Å². The summed E-state index contributed by atoms with van der Waals surface area (Å²) in [5.41, 5.74) is 1.90. The monoisotopic (exact) mass is 219 g/mol. The fourth-order valence-corrected chi connectivity index (χ4v) is 1.39. The Morgan fingerprint density at radius 3 is 2.81 bits per heavy atom. The molecule has 1 aromatic heterocycles. The standard InChI is InChI=1S/C11H13N3O2/c1-7-3-4-10(15)9(5-7)6-12-11-14-13-8(2)16-11/h3-5,15H,6H2,1-2H3,(H,12,14). The van der Waals surface area contributed by atoms with Crippen molar-refractivity contribution < 1.29 is 9.52 Å². The molecule has 16 heavy (non-hydrogen) atoms. The number of nitrogens with one attached hydrogen (secondary N) is 1. The molecule has 0 aliphatic heterocycles. The van der Waals surface area contributed by atoms with Gasteiger partial charge in [-0.2, -0.15) is 0 Å². The van der Waals surface area contributed by atoms with E-state index in [1.807, 2.05) is 19.1 Å². The molecule has 2 aromatic rings. The molecule has 0 spiro atoms. The summed E-state index contributed by atoms with van der Waals surface area (Å²) in [6.07, 6.45) is 0. The van der Waals surface area contributed by atoms with Crippen molar-refractivity contribution in [3.05, 3.63) is 35.2 Å². The van der Waals surface area contributed by atoms with Crippen LogP contribution in [0, 0.1) is 13.8 Å². The van der Waals surface area contributed by atoms with Gasteiger partial charge in [0.05, 0.1) is 0 Å². The minimum Gasteiger partial charge on any atom is -0.508 e. The van der Waals surface area contributed by atoms with Crippen molar-refractivity contribution in [2.24, 2.45) is 0 Å². The summed E-state index contributed by atoms with van der Waals surface area (Å²) in [7, 11) is 0. The molecule has 1 heterocycles. The van der Waals surface area contributed by atoms with E-state index < -0.39 is 0 Å². The third-order valence-corrected chi connectivity index (χ3v) is 2.19. The molecule has 0 aliphatic rings. The van der Waals surface area contributed by atoms with Crippen LogP contribution in [-0.4, -0.2) is 15.3 Å². The molecule has 2 rings (SSSR count). The lowest BCUT2D eigenvalue weighted by atomic mass is 10.1. The second-order valence-electron chi connectivity index (χ2n) is 3.61. The molecular formula is C11H13N3O2. The van der Waals surface area contributed by atoms with Crippen LogP contribution in [0.25, 0.3) is 0 Å². The van der Waals surface area contributed by atoms with Crippen molar-refractivity contribution in [2.45, 2.75) is 20.4 Å². The third kappa shape index (κ3) is 2.31. The van der Waals surface area contributed by atoms with Gasteiger partial charge in [-0.25, -0.2) is 0 Å². The Morgan fingerprint density at radius 2 is 2.12 bits per heavy atom. The number of hydrogen-bond donors (Lipinski definition) is 2. The summed E-state index contributed by atoms with van der Waals surface area (Å²) in [5, 5.41) is 20.1. The average Bonchev–Trinajstić information content (AvgIpc) is 2.66. The summed E-state index contributed by atoms with van der Waals surface area (Å²) in [6, 6.07) is 5.80. The van der Waals surface area contributed by atoms with Gasteiger partial charge in [0.25, 0.3) is 0 Å². The minimum atomic E-state index is 0.259. The third-order valence-electron chi connectivity index (χ3n) is 2.19. The van der Waals surface area contributed by atoms with Gasteiger partial charge in [0.15, 0.2) is 0 Å². The van der Waals surface area contributed by atoms with Crippen molar-refractivity contribution in [3.8, 4) is 5.75 Å². The van der Waals surface area contributed by atoms with Gasteiger partial charge in [0.1, 0.15) is 5.75 Å². The fourth-order valence-electron chi connectivity index (χ4n) is 1.39. The van der Waals surface area contributed by atoms with Crippen LogP contribution in [0.3, 0.4) is 0 Å². The zero-order valence-corrected chi connectivity index (χ0v) is 9.19. The van der Waals surface area contributed by atoms with Crippen LogP contribution in [0.5, 0.6) is 5.75 Å². The van der Waals surface area contributed by atoms with Crippen LogP contribution >= 0.6 is 0 Å². The Hall–Kier alpha value is -2.04. The van der Waals surface area contributed by atoms with Crippen molar-refractivity contribution in [1.82, 2.24) is 10.2 Å². The summed E-state index contributed by atoms with van der Waals surface area (Å²) < 4.78 is 5.16. The number of aromatic nitrogens is 2. The first-order chi connectivity index (χ1) is 7.65. The van der Waals surface area contributed by atoms with Crippen LogP contribution in [0.1, 0.15) is 17.0 Å². The lowest BCUT2D eigenvalue weighted by molar-refractivity contribution is 0.468. The molecule has 5 heteroatoms. The van der Waals surface area contributed by atoms with E-state index in [-0.39, 0.29) is 5.75 Å². The lowest BCUT2D eigenvalue weighted by Gasteiger charge is -2.05.